The highest BCUT2D eigenvalue weighted by Gasteiger charge is 2.03. The number of hydrogen-bond acceptors (Lipinski definition) is 3. The van der Waals surface area contributed by atoms with Crippen LogP contribution in [0.3, 0.4) is 0 Å². The molecule has 0 radical (unpaired) electrons. The monoisotopic (exact) mass is 220 g/mol. The van der Waals surface area contributed by atoms with Crippen LogP contribution in [-0.2, 0) is 19.7 Å². The van der Waals surface area contributed by atoms with Crippen LogP contribution in [0.25, 0.3) is 0 Å². The van der Waals surface area contributed by atoms with E-state index in [1.54, 1.807) is 12.4 Å². The molecule has 2 aromatic rings. The molecule has 0 fully saturated rings. The van der Waals surface area contributed by atoms with E-state index in [2.05, 4.69) is 21.6 Å². The van der Waals surface area contributed by atoms with Crippen molar-refractivity contribution in [3.8, 4) is 5.75 Å². The Morgan fingerprint density at radius 3 is 2.88 bits per heavy atom. The van der Waals surface area contributed by atoms with Gasteiger partial charge in [-0.2, -0.15) is 5.10 Å². The van der Waals surface area contributed by atoms with Crippen molar-refractivity contribution in [2.24, 2.45) is 0 Å². The zero-order valence-electron chi connectivity index (χ0n) is 9.63. The van der Waals surface area contributed by atoms with Crippen LogP contribution in [0.15, 0.2) is 24.8 Å². The van der Waals surface area contributed by atoms with Crippen LogP contribution in [0, 0.1) is 0 Å². The van der Waals surface area contributed by atoms with Crippen molar-refractivity contribution in [2.45, 2.75) is 33.5 Å². The van der Waals surface area contributed by atoms with Gasteiger partial charge >= 0.3 is 0 Å². The van der Waals surface area contributed by atoms with E-state index in [1.807, 2.05) is 24.0 Å². The summed E-state index contributed by atoms with van der Waals surface area (Å²) in [5, 5.41) is 4.14. The smallest absolute Gasteiger partial charge is 0.157 e. The van der Waals surface area contributed by atoms with E-state index in [1.165, 1.54) is 0 Å². The average Bonchev–Trinajstić information content (AvgIpc) is 2.94. The van der Waals surface area contributed by atoms with Crippen LogP contribution < -0.4 is 4.74 Å². The fourth-order valence-corrected chi connectivity index (χ4v) is 1.51. The highest BCUT2D eigenvalue weighted by molar-refractivity contribution is 5.12. The third-order valence-electron chi connectivity index (χ3n) is 2.44. The number of ether oxygens (including phenoxy) is 1. The van der Waals surface area contributed by atoms with Crippen molar-refractivity contribution in [1.29, 1.82) is 0 Å². The van der Waals surface area contributed by atoms with E-state index < -0.39 is 0 Å². The fourth-order valence-electron chi connectivity index (χ4n) is 1.51. The quantitative estimate of drug-likeness (QED) is 0.770. The SMILES string of the molecule is CCn1cc(OCc2nccn2CC)cn1. The van der Waals surface area contributed by atoms with Crippen LogP contribution >= 0.6 is 0 Å². The molecular formula is C11H16N4O. The molecule has 0 aromatic carbocycles. The van der Waals surface area contributed by atoms with Crippen LogP contribution in [0.2, 0.25) is 0 Å². The normalized spacial score (nSPS) is 10.6. The molecule has 0 amide bonds. The van der Waals surface area contributed by atoms with Crippen molar-refractivity contribution < 1.29 is 4.74 Å². The Balaban J connectivity index is 1.96. The summed E-state index contributed by atoms with van der Waals surface area (Å²) in [6.07, 6.45) is 7.35. The first-order chi connectivity index (χ1) is 7.83. The topological polar surface area (TPSA) is 44.9 Å². The molecular weight excluding hydrogens is 204 g/mol. The highest BCUT2D eigenvalue weighted by Crippen LogP contribution is 2.10. The second kappa shape index (κ2) is 4.83. The molecule has 2 aromatic heterocycles. The van der Waals surface area contributed by atoms with E-state index in [0.29, 0.717) is 6.61 Å². The predicted octanol–water partition coefficient (Wildman–Crippen LogP) is 1.70. The van der Waals surface area contributed by atoms with Gasteiger partial charge in [-0.15, -0.1) is 0 Å². The van der Waals surface area contributed by atoms with Gasteiger partial charge in [0.1, 0.15) is 12.4 Å². The van der Waals surface area contributed by atoms with Crippen molar-refractivity contribution in [3.63, 3.8) is 0 Å². The van der Waals surface area contributed by atoms with E-state index in [0.717, 1.165) is 24.7 Å². The standard InChI is InChI=1S/C11H16N4O/c1-3-14-6-5-12-11(14)9-16-10-7-13-15(4-2)8-10/h5-8H,3-4,9H2,1-2H3. The zero-order valence-corrected chi connectivity index (χ0v) is 9.63. The molecule has 2 heterocycles. The van der Waals surface area contributed by atoms with Crippen molar-refractivity contribution in [3.05, 3.63) is 30.6 Å². The van der Waals surface area contributed by atoms with Gasteiger partial charge in [-0.05, 0) is 13.8 Å². The number of rotatable bonds is 5. The lowest BCUT2D eigenvalue weighted by atomic mass is 10.5. The molecule has 0 atom stereocenters. The lowest BCUT2D eigenvalue weighted by Gasteiger charge is -2.05. The molecule has 2 rings (SSSR count). The molecule has 86 valence electrons. The Morgan fingerprint density at radius 2 is 2.19 bits per heavy atom. The Kier molecular flexibility index (Phi) is 3.24. The summed E-state index contributed by atoms with van der Waals surface area (Å²) in [7, 11) is 0. The molecule has 0 spiro atoms. The molecule has 0 unspecified atom stereocenters. The molecule has 0 aliphatic carbocycles. The van der Waals surface area contributed by atoms with E-state index in [-0.39, 0.29) is 0 Å². The number of nitrogens with zero attached hydrogens (tertiary/aromatic N) is 4. The van der Waals surface area contributed by atoms with Crippen LogP contribution in [0.1, 0.15) is 19.7 Å². The molecule has 0 bridgehead atoms. The van der Waals surface area contributed by atoms with E-state index in [9.17, 15) is 0 Å². The molecule has 5 nitrogen and oxygen atoms in total. The molecule has 16 heavy (non-hydrogen) atoms. The number of aryl methyl sites for hydroxylation is 2. The first-order valence-electron chi connectivity index (χ1n) is 5.48. The first-order valence-corrected chi connectivity index (χ1v) is 5.48. The maximum atomic E-state index is 5.61. The van der Waals surface area contributed by atoms with E-state index in [4.69, 9.17) is 4.74 Å². The lowest BCUT2D eigenvalue weighted by molar-refractivity contribution is 0.289. The minimum absolute atomic E-state index is 0.482. The molecule has 5 heteroatoms. The van der Waals surface area contributed by atoms with Gasteiger partial charge in [0.25, 0.3) is 0 Å². The van der Waals surface area contributed by atoms with Gasteiger partial charge in [0.15, 0.2) is 5.75 Å². The molecule has 0 saturated heterocycles. The Bertz CT molecular complexity index is 446. The second-order valence-electron chi connectivity index (χ2n) is 3.45. The number of imidazole rings is 1. The second-order valence-corrected chi connectivity index (χ2v) is 3.45. The summed E-state index contributed by atoms with van der Waals surface area (Å²) in [4.78, 5) is 4.24. The van der Waals surface area contributed by atoms with Gasteiger partial charge in [0.05, 0.1) is 12.4 Å². The summed E-state index contributed by atoms with van der Waals surface area (Å²) in [6, 6.07) is 0. The van der Waals surface area contributed by atoms with Gasteiger partial charge in [0.2, 0.25) is 0 Å². The minimum atomic E-state index is 0.482. The molecule has 0 saturated carbocycles. The maximum Gasteiger partial charge on any atom is 0.157 e. The van der Waals surface area contributed by atoms with Crippen LogP contribution in [0.5, 0.6) is 5.75 Å². The van der Waals surface area contributed by atoms with Crippen LogP contribution in [-0.4, -0.2) is 19.3 Å². The van der Waals surface area contributed by atoms with Gasteiger partial charge < -0.3 is 9.30 Å². The minimum Gasteiger partial charge on any atom is -0.482 e. The van der Waals surface area contributed by atoms with Gasteiger partial charge in [-0.1, -0.05) is 0 Å². The summed E-state index contributed by atoms with van der Waals surface area (Å²) < 4.78 is 9.50. The van der Waals surface area contributed by atoms with Crippen molar-refractivity contribution >= 4 is 0 Å². The number of aromatic nitrogens is 4. The summed E-state index contributed by atoms with van der Waals surface area (Å²) in [5.41, 5.74) is 0. The lowest BCUT2D eigenvalue weighted by Crippen LogP contribution is -2.05. The predicted molar refractivity (Wildman–Crippen MR) is 60.1 cm³/mol. The highest BCUT2D eigenvalue weighted by atomic mass is 16.5. The number of hydrogen-bond donors (Lipinski definition) is 0. The molecule has 0 aliphatic rings. The third-order valence-corrected chi connectivity index (χ3v) is 2.44. The Morgan fingerprint density at radius 1 is 1.31 bits per heavy atom. The van der Waals surface area contributed by atoms with Crippen molar-refractivity contribution in [1.82, 2.24) is 19.3 Å². The molecule has 0 N–H and O–H groups in total. The van der Waals surface area contributed by atoms with Crippen LogP contribution in [0.4, 0.5) is 0 Å². The Hall–Kier alpha value is -1.78. The molecule has 0 aliphatic heterocycles. The maximum absolute atomic E-state index is 5.61. The van der Waals surface area contributed by atoms with E-state index >= 15 is 0 Å². The summed E-state index contributed by atoms with van der Waals surface area (Å²) in [6.45, 7) is 6.37. The largest absolute Gasteiger partial charge is 0.482 e. The Labute approximate surface area is 94.7 Å². The van der Waals surface area contributed by atoms with Crippen molar-refractivity contribution in [2.75, 3.05) is 0 Å². The fraction of sp³-hybridized carbons (Fsp3) is 0.455. The summed E-state index contributed by atoms with van der Waals surface area (Å²) >= 11 is 0. The van der Waals surface area contributed by atoms with Gasteiger partial charge in [0, 0.05) is 25.5 Å². The van der Waals surface area contributed by atoms with Gasteiger partial charge in [-0.25, -0.2) is 4.98 Å². The summed E-state index contributed by atoms with van der Waals surface area (Å²) in [5.74, 6) is 1.72. The zero-order chi connectivity index (χ0) is 11.4. The van der Waals surface area contributed by atoms with Gasteiger partial charge in [-0.3, -0.25) is 4.68 Å². The average molecular weight is 220 g/mol. The first kappa shape index (κ1) is 10.7. The third kappa shape index (κ3) is 2.24.